The highest BCUT2D eigenvalue weighted by Gasteiger charge is 2.32. The molecule has 2 aromatic heterocycles. The third-order valence-electron chi connectivity index (χ3n) is 3.23. The van der Waals surface area contributed by atoms with Crippen LogP contribution < -0.4 is 0 Å². The molecule has 0 saturated heterocycles. The van der Waals surface area contributed by atoms with Crippen LogP contribution in [0.4, 0.5) is 5.69 Å². The quantitative estimate of drug-likeness (QED) is 0.625. The fourth-order valence-corrected chi connectivity index (χ4v) is 2.29. The molecule has 22 heavy (non-hydrogen) atoms. The minimum atomic E-state index is -1.39. The maximum atomic E-state index is 11.2. The molecule has 0 bridgehead atoms. The number of aromatic carboxylic acids is 1. The monoisotopic (exact) mass is 305 g/mol. The predicted molar refractivity (Wildman–Crippen MR) is 76.8 cm³/mol. The summed E-state index contributed by atoms with van der Waals surface area (Å²) in [4.78, 5) is 28.3. The van der Waals surface area contributed by atoms with Gasteiger partial charge in [-0.25, -0.2) is 4.79 Å². The van der Waals surface area contributed by atoms with Gasteiger partial charge in [0.05, 0.1) is 16.2 Å². The van der Waals surface area contributed by atoms with Crippen molar-refractivity contribution < 1.29 is 19.6 Å². The van der Waals surface area contributed by atoms with E-state index in [1.54, 1.807) is 31.5 Å². The number of nitrogens with one attached hydrogen (secondary N) is 1. The lowest BCUT2D eigenvalue weighted by Crippen LogP contribution is -2.09. The number of aromatic nitrogens is 2. The second kappa shape index (κ2) is 6.35. The molecule has 0 radical (unpaired) electrons. The predicted octanol–water partition coefficient (Wildman–Crippen LogP) is 2.45. The Kier molecular flexibility index (Phi) is 4.52. The number of carbonyl (C=O) groups is 1. The molecule has 2 rings (SSSR count). The topological polar surface area (TPSA) is 118 Å². The van der Waals surface area contributed by atoms with Gasteiger partial charge >= 0.3 is 11.7 Å². The number of carboxylic acids is 1. The number of rotatable bonds is 6. The first-order valence-electron chi connectivity index (χ1n) is 6.59. The van der Waals surface area contributed by atoms with Gasteiger partial charge in [-0.15, -0.1) is 0 Å². The van der Waals surface area contributed by atoms with Crippen molar-refractivity contribution in [1.82, 2.24) is 9.97 Å². The molecule has 2 aromatic rings. The van der Waals surface area contributed by atoms with Crippen LogP contribution in [0.1, 0.15) is 40.3 Å². The SMILES string of the molecule is CCOC(c1cccnc1)c1[nH]c(C(=O)O)c([N+](=O)[O-])c1C. The number of carboxylic acid groups (broad SMARTS) is 1. The molecular formula is C14H15N3O5. The zero-order valence-electron chi connectivity index (χ0n) is 12.1. The second-order valence-corrected chi connectivity index (χ2v) is 4.57. The van der Waals surface area contributed by atoms with E-state index in [0.29, 0.717) is 17.9 Å². The second-order valence-electron chi connectivity index (χ2n) is 4.57. The van der Waals surface area contributed by atoms with Crippen LogP contribution in [-0.2, 0) is 4.74 Å². The maximum Gasteiger partial charge on any atom is 0.359 e. The first-order valence-corrected chi connectivity index (χ1v) is 6.59. The summed E-state index contributed by atoms with van der Waals surface area (Å²) in [7, 11) is 0. The number of pyridine rings is 1. The van der Waals surface area contributed by atoms with E-state index < -0.39 is 28.4 Å². The smallest absolute Gasteiger partial charge is 0.359 e. The molecule has 0 spiro atoms. The van der Waals surface area contributed by atoms with Crippen LogP contribution in [0.3, 0.4) is 0 Å². The lowest BCUT2D eigenvalue weighted by atomic mass is 10.1. The summed E-state index contributed by atoms with van der Waals surface area (Å²) in [5, 5.41) is 20.3. The first kappa shape index (κ1) is 15.6. The van der Waals surface area contributed by atoms with Crippen molar-refractivity contribution in [2.45, 2.75) is 20.0 Å². The molecule has 0 aliphatic rings. The van der Waals surface area contributed by atoms with Gasteiger partial charge in [-0.05, 0) is 19.9 Å². The van der Waals surface area contributed by atoms with E-state index >= 15 is 0 Å². The molecular weight excluding hydrogens is 290 g/mol. The number of nitro groups is 1. The molecule has 0 aliphatic carbocycles. The summed E-state index contributed by atoms with van der Waals surface area (Å²) in [6.07, 6.45) is 2.53. The summed E-state index contributed by atoms with van der Waals surface area (Å²) in [5.41, 5.74) is 0.367. The standard InChI is InChI=1S/C14H15N3O5/c1-3-22-13(9-5-4-6-15-7-9)10-8(2)12(17(20)21)11(16-10)14(18)19/h4-7,13,16H,3H2,1-2H3,(H,18,19). The molecule has 1 unspecified atom stereocenters. The van der Waals surface area contributed by atoms with Crippen LogP contribution in [0.5, 0.6) is 0 Å². The Morgan fingerprint density at radius 2 is 2.32 bits per heavy atom. The zero-order valence-corrected chi connectivity index (χ0v) is 12.1. The van der Waals surface area contributed by atoms with E-state index in [1.165, 1.54) is 6.92 Å². The van der Waals surface area contributed by atoms with Crippen LogP contribution in [0.15, 0.2) is 24.5 Å². The van der Waals surface area contributed by atoms with Gasteiger partial charge in [-0.1, -0.05) is 6.07 Å². The van der Waals surface area contributed by atoms with Gasteiger partial charge in [-0.3, -0.25) is 15.1 Å². The van der Waals surface area contributed by atoms with Gasteiger partial charge < -0.3 is 14.8 Å². The normalized spacial score (nSPS) is 12.1. The zero-order chi connectivity index (χ0) is 16.3. The van der Waals surface area contributed by atoms with E-state index in [0.717, 1.165) is 0 Å². The van der Waals surface area contributed by atoms with E-state index in [4.69, 9.17) is 9.84 Å². The van der Waals surface area contributed by atoms with Crippen molar-refractivity contribution in [2.75, 3.05) is 6.61 Å². The summed E-state index contributed by atoms with van der Waals surface area (Å²) in [6, 6.07) is 3.48. The molecule has 8 nitrogen and oxygen atoms in total. The molecule has 1 atom stereocenters. The van der Waals surface area contributed by atoms with Crippen molar-refractivity contribution in [3.8, 4) is 0 Å². The highest BCUT2D eigenvalue weighted by atomic mass is 16.6. The highest BCUT2D eigenvalue weighted by molar-refractivity contribution is 5.91. The van der Waals surface area contributed by atoms with E-state index in [-0.39, 0.29) is 5.56 Å². The average molecular weight is 305 g/mol. The minimum absolute atomic E-state index is 0.240. The first-order chi connectivity index (χ1) is 10.5. The van der Waals surface area contributed by atoms with Gasteiger partial charge in [0, 0.05) is 24.6 Å². The molecule has 2 heterocycles. The van der Waals surface area contributed by atoms with Gasteiger partial charge in [0.2, 0.25) is 5.69 Å². The van der Waals surface area contributed by atoms with Crippen molar-refractivity contribution in [3.05, 3.63) is 57.2 Å². The van der Waals surface area contributed by atoms with Gasteiger partial charge in [0.1, 0.15) is 6.10 Å². The summed E-state index contributed by atoms with van der Waals surface area (Å²) >= 11 is 0. The number of ether oxygens (including phenoxy) is 1. The Morgan fingerprint density at radius 3 is 2.77 bits per heavy atom. The number of aromatic amines is 1. The van der Waals surface area contributed by atoms with Crippen LogP contribution in [0, 0.1) is 17.0 Å². The van der Waals surface area contributed by atoms with Crippen molar-refractivity contribution in [1.29, 1.82) is 0 Å². The molecule has 0 aliphatic heterocycles. The van der Waals surface area contributed by atoms with Gasteiger partial charge in [0.25, 0.3) is 0 Å². The Labute approximate surface area is 125 Å². The minimum Gasteiger partial charge on any atom is -0.476 e. The van der Waals surface area contributed by atoms with E-state index in [2.05, 4.69) is 9.97 Å². The summed E-state index contributed by atoms with van der Waals surface area (Å²) < 4.78 is 5.64. The van der Waals surface area contributed by atoms with E-state index in [9.17, 15) is 14.9 Å². The third-order valence-corrected chi connectivity index (χ3v) is 3.23. The summed E-state index contributed by atoms with van der Waals surface area (Å²) in [5.74, 6) is -1.39. The highest BCUT2D eigenvalue weighted by Crippen LogP contribution is 2.34. The number of H-pyrrole nitrogens is 1. The summed E-state index contributed by atoms with van der Waals surface area (Å²) in [6.45, 7) is 3.64. The van der Waals surface area contributed by atoms with E-state index in [1.807, 2.05) is 0 Å². The van der Waals surface area contributed by atoms with Gasteiger partial charge in [-0.2, -0.15) is 0 Å². The molecule has 0 saturated carbocycles. The Bertz CT molecular complexity index is 696. The third kappa shape index (κ3) is 2.82. The maximum absolute atomic E-state index is 11.2. The molecule has 116 valence electrons. The van der Waals surface area contributed by atoms with Crippen molar-refractivity contribution in [2.24, 2.45) is 0 Å². The number of hydrogen-bond donors (Lipinski definition) is 2. The number of nitrogens with zero attached hydrogens (tertiary/aromatic N) is 2. The Balaban J connectivity index is 2.60. The lowest BCUT2D eigenvalue weighted by molar-refractivity contribution is -0.385. The average Bonchev–Trinajstić information content (AvgIpc) is 2.83. The molecule has 0 aromatic carbocycles. The van der Waals surface area contributed by atoms with Crippen molar-refractivity contribution >= 4 is 11.7 Å². The van der Waals surface area contributed by atoms with Crippen molar-refractivity contribution in [3.63, 3.8) is 0 Å². The van der Waals surface area contributed by atoms with Crippen LogP contribution in [0.25, 0.3) is 0 Å². The molecule has 2 N–H and O–H groups in total. The molecule has 0 amide bonds. The number of hydrogen-bond acceptors (Lipinski definition) is 5. The fourth-order valence-electron chi connectivity index (χ4n) is 2.29. The molecule has 0 fully saturated rings. The Hall–Kier alpha value is -2.74. The Morgan fingerprint density at radius 1 is 1.59 bits per heavy atom. The largest absolute Gasteiger partial charge is 0.476 e. The van der Waals surface area contributed by atoms with Crippen LogP contribution in [0.2, 0.25) is 0 Å². The fraction of sp³-hybridized carbons (Fsp3) is 0.286. The van der Waals surface area contributed by atoms with Gasteiger partial charge in [0.15, 0.2) is 0 Å². The molecule has 8 heteroatoms. The van der Waals surface area contributed by atoms with Crippen LogP contribution in [-0.4, -0.2) is 32.6 Å². The van der Waals surface area contributed by atoms with Crippen LogP contribution >= 0.6 is 0 Å². The lowest BCUT2D eigenvalue weighted by Gasteiger charge is -2.16.